The van der Waals surface area contributed by atoms with Crippen LogP contribution in [0.25, 0.3) is 101 Å². The molecule has 4 heteroatoms. The SMILES string of the molecule is CC1(C)c2cc(/C=C/c3ccc4c(c3)C(C)(C)c3cc(N(C5=NC=CCC5)c5cc6ccccc6c6ccccc56)ccc3-4)ccc2-c2ccc(/C=C/c3ccc4c(c3)C(C)(C)c3cc(N(c5ccccn5)c5cc6ccccc6c6ccccc56)ccc3-4)cc21. The highest BCUT2D eigenvalue weighted by molar-refractivity contribution is 6.19. The van der Waals surface area contributed by atoms with Crippen LogP contribution in [0.4, 0.5) is 28.6 Å². The van der Waals surface area contributed by atoms with E-state index in [0.717, 1.165) is 47.2 Å². The van der Waals surface area contributed by atoms with Crippen molar-refractivity contribution in [3.8, 4) is 33.4 Å². The average Bonchev–Trinajstić information content (AvgIpc) is 1.67. The number of nitrogens with zero attached hydrogens (tertiary/aromatic N) is 4. The molecule has 436 valence electrons. The van der Waals surface area contributed by atoms with E-state index in [-0.39, 0.29) is 16.2 Å². The smallest absolute Gasteiger partial charge is 0.137 e. The van der Waals surface area contributed by atoms with E-state index in [4.69, 9.17) is 9.98 Å². The van der Waals surface area contributed by atoms with Gasteiger partial charge in [-0.05, 0) is 176 Å². The van der Waals surface area contributed by atoms with Crippen molar-refractivity contribution in [1.82, 2.24) is 4.98 Å². The summed E-state index contributed by atoms with van der Waals surface area (Å²) in [5, 5.41) is 9.86. The van der Waals surface area contributed by atoms with E-state index in [1.165, 1.54) is 132 Å². The maximum atomic E-state index is 5.04. The fourth-order valence-electron chi connectivity index (χ4n) is 15.7. The van der Waals surface area contributed by atoms with Crippen molar-refractivity contribution in [2.45, 2.75) is 70.6 Å². The second-order valence-corrected chi connectivity index (χ2v) is 26.9. The van der Waals surface area contributed by atoms with Crippen LogP contribution < -0.4 is 9.80 Å². The number of rotatable bonds is 9. The highest BCUT2D eigenvalue weighted by atomic mass is 15.2. The maximum absolute atomic E-state index is 5.04. The summed E-state index contributed by atoms with van der Waals surface area (Å²) in [6.45, 7) is 14.3. The second-order valence-electron chi connectivity index (χ2n) is 26.9. The van der Waals surface area contributed by atoms with Gasteiger partial charge in [-0.3, -0.25) is 9.80 Å². The first kappa shape index (κ1) is 54.5. The van der Waals surface area contributed by atoms with Crippen LogP contribution in [0.15, 0.2) is 260 Å². The Morgan fingerprint density at radius 2 is 0.703 bits per heavy atom. The summed E-state index contributed by atoms with van der Waals surface area (Å²) in [6.07, 6.45) is 17.1. The van der Waals surface area contributed by atoms with Crippen molar-refractivity contribution in [3.05, 3.63) is 311 Å². The third-order valence-corrected chi connectivity index (χ3v) is 20.5. The predicted octanol–water partition coefficient (Wildman–Crippen LogP) is 23.3. The number of amidine groups is 1. The number of hydrogen-bond acceptors (Lipinski definition) is 4. The van der Waals surface area contributed by atoms with Gasteiger partial charge in [0.2, 0.25) is 0 Å². The van der Waals surface area contributed by atoms with Crippen molar-refractivity contribution in [3.63, 3.8) is 0 Å². The van der Waals surface area contributed by atoms with E-state index in [9.17, 15) is 0 Å². The zero-order valence-corrected chi connectivity index (χ0v) is 52.3. The lowest BCUT2D eigenvalue weighted by Gasteiger charge is -2.30. The van der Waals surface area contributed by atoms with Crippen LogP contribution >= 0.6 is 0 Å². The van der Waals surface area contributed by atoms with Crippen LogP contribution in [0.5, 0.6) is 0 Å². The van der Waals surface area contributed by atoms with E-state index in [1.807, 2.05) is 18.5 Å². The van der Waals surface area contributed by atoms with Gasteiger partial charge in [-0.25, -0.2) is 9.98 Å². The van der Waals surface area contributed by atoms with Crippen LogP contribution in [-0.2, 0) is 16.2 Å². The molecule has 91 heavy (non-hydrogen) atoms. The molecule has 0 spiro atoms. The van der Waals surface area contributed by atoms with Crippen LogP contribution in [0.1, 0.15) is 110 Å². The number of benzene rings is 12. The Morgan fingerprint density at radius 3 is 1.11 bits per heavy atom. The first-order valence-electron chi connectivity index (χ1n) is 32.2. The van der Waals surface area contributed by atoms with Gasteiger partial charge in [-0.1, -0.05) is 260 Å². The van der Waals surface area contributed by atoms with Gasteiger partial charge in [0, 0.05) is 57.2 Å². The molecule has 0 radical (unpaired) electrons. The van der Waals surface area contributed by atoms with Crippen molar-refractivity contribution in [2.24, 2.45) is 4.99 Å². The Labute approximate surface area is 533 Å². The van der Waals surface area contributed by atoms with E-state index < -0.39 is 0 Å². The number of aromatic nitrogens is 1. The summed E-state index contributed by atoms with van der Waals surface area (Å²) in [5.41, 5.74) is 24.6. The minimum Gasteiger partial charge on any atom is -0.298 e. The summed E-state index contributed by atoms with van der Waals surface area (Å²) in [7, 11) is 0. The number of allylic oxidation sites excluding steroid dienone is 1. The summed E-state index contributed by atoms with van der Waals surface area (Å²) in [6, 6.07) is 88.2. The topological polar surface area (TPSA) is 31.7 Å². The minimum absolute atomic E-state index is 0.173. The maximum Gasteiger partial charge on any atom is 0.137 e. The molecule has 3 aliphatic carbocycles. The third-order valence-electron chi connectivity index (χ3n) is 20.5. The Kier molecular flexibility index (Phi) is 12.4. The molecule has 17 rings (SSSR count). The molecule has 2 heterocycles. The molecule has 12 aromatic carbocycles. The van der Waals surface area contributed by atoms with Crippen molar-refractivity contribution in [1.29, 1.82) is 0 Å². The molecule has 0 saturated carbocycles. The number of pyridine rings is 1. The Bertz CT molecular complexity index is 5340. The standard InChI is InChI=1S/C87H68N4/c1-85(2)75-47-55(29-31-57-35-41-69-71-43-37-61(53-79(71)86(3,4)77(69)49-57)90(83-27-15-17-45-88-83)81-51-59-19-7-9-21-63(59)65-23-11-13-25-73(65)81)33-39-67(75)68-40-34-56(48-76(68)85)30-32-58-36-42-70-72-44-38-62(54-80(72)87(5,6)78(70)50-58)91(84-28-16-18-46-89-84)82-52-60-20-8-10-22-64(60)66-24-12-14-26-74(66)82/h7-15,17-27,29-54H,16,28H2,1-6H3/b31-29+,32-30+. The molecule has 0 atom stereocenters. The number of aliphatic imine (C=N–C) groups is 1. The molecule has 0 saturated heterocycles. The quantitative estimate of drug-likeness (QED) is 0.107. The summed E-state index contributed by atoms with van der Waals surface area (Å²) < 4.78 is 0. The summed E-state index contributed by atoms with van der Waals surface area (Å²) in [4.78, 5) is 14.8. The van der Waals surface area contributed by atoms with Crippen LogP contribution in [0.2, 0.25) is 0 Å². The number of hydrogen-bond donors (Lipinski definition) is 0. The summed E-state index contributed by atoms with van der Waals surface area (Å²) in [5.74, 6) is 1.95. The van der Waals surface area contributed by atoms with Gasteiger partial charge in [0.25, 0.3) is 0 Å². The largest absolute Gasteiger partial charge is 0.298 e. The first-order chi connectivity index (χ1) is 44.4. The monoisotopic (exact) mass is 1170 g/mol. The lowest BCUT2D eigenvalue weighted by Crippen LogP contribution is -2.27. The van der Waals surface area contributed by atoms with Gasteiger partial charge in [-0.15, -0.1) is 0 Å². The molecule has 13 aromatic rings. The fraction of sp³-hybridized carbons (Fsp3) is 0.126. The zero-order chi connectivity index (χ0) is 61.3. The highest BCUT2D eigenvalue weighted by Crippen LogP contribution is 2.55. The predicted molar refractivity (Wildman–Crippen MR) is 387 cm³/mol. The van der Waals surface area contributed by atoms with Gasteiger partial charge < -0.3 is 0 Å². The second kappa shape index (κ2) is 20.7. The van der Waals surface area contributed by atoms with E-state index in [0.29, 0.717) is 0 Å². The molecule has 0 unspecified atom stereocenters. The zero-order valence-electron chi connectivity index (χ0n) is 52.3. The minimum atomic E-state index is -0.234. The van der Waals surface area contributed by atoms with E-state index in [2.05, 4.69) is 312 Å². The van der Waals surface area contributed by atoms with Crippen molar-refractivity contribution < 1.29 is 0 Å². The molecule has 4 nitrogen and oxygen atoms in total. The molecule has 0 bridgehead atoms. The number of fused-ring (bicyclic) bond motifs is 15. The first-order valence-corrected chi connectivity index (χ1v) is 32.2. The van der Waals surface area contributed by atoms with Crippen molar-refractivity contribution in [2.75, 3.05) is 9.80 Å². The highest BCUT2D eigenvalue weighted by Gasteiger charge is 2.39. The molecule has 0 amide bonds. The normalized spacial score (nSPS) is 15.3. The molecular formula is C87H68N4. The molecule has 0 N–H and O–H groups in total. The lowest BCUT2D eigenvalue weighted by atomic mass is 9.81. The van der Waals surface area contributed by atoms with Gasteiger partial charge >= 0.3 is 0 Å². The molecule has 1 aromatic heterocycles. The fourth-order valence-corrected chi connectivity index (χ4v) is 15.7. The number of anilines is 5. The van der Waals surface area contributed by atoms with E-state index in [1.54, 1.807) is 0 Å². The lowest BCUT2D eigenvalue weighted by molar-refractivity contribution is 0.660. The van der Waals surface area contributed by atoms with Crippen LogP contribution in [0, 0.1) is 0 Å². The Hall–Kier alpha value is -10.7. The van der Waals surface area contributed by atoms with Crippen LogP contribution in [0.3, 0.4) is 0 Å². The van der Waals surface area contributed by atoms with Gasteiger partial charge in [-0.2, -0.15) is 0 Å². The Morgan fingerprint density at radius 1 is 0.341 bits per heavy atom. The molecule has 1 aliphatic heterocycles. The third kappa shape index (κ3) is 8.71. The van der Waals surface area contributed by atoms with Crippen molar-refractivity contribution >= 4 is 102 Å². The molecule has 4 aliphatic rings. The van der Waals surface area contributed by atoms with Gasteiger partial charge in [0.1, 0.15) is 11.7 Å². The van der Waals surface area contributed by atoms with E-state index >= 15 is 0 Å². The summed E-state index contributed by atoms with van der Waals surface area (Å²) >= 11 is 0. The Balaban J connectivity index is 0.623. The average molecular weight is 1170 g/mol. The molecule has 0 fully saturated rings. The molecular weight excluding hydrogens is 1100 g/mol. The van der Waals surface area contributed by atoms with Crippen LogP contribution in [-0.4, -0.2) is 10.8 Å². The van der Waals surface area contributed by atoms with Gasteiger partial charge in [0.05, 0.1) is 11.4 Å². The van der Waals surface area contributed by atoms with Gasteiger partial charge in [0.15, 0.2) is 0 Å².